The number of hydrogen-bond acceptors (Lipinski definition) is 4. The molecule has 5 heteroatoms. The lowest BCUT2D eigenvalue weighted by atomic mass is 10.3. The van der Waals surface area contributed by atoms with Gasteiger partial charge in [0, 0.05) is 18.1 Å². The van der Waals surface area contributed by atoms with Crippen molar-refractivity contribution in [3.8, 4) is 0 Å². The van der Waals surface area contributed by atoms with Gasteiger partial charge in [-0.15, -0.1) is 0 Å². The van der Waals surface area contributed by atoms with E-state index in [1.807, 2.05) is 24.3 Å². The van der Waals surface area contributed by atoms with E-state index in [0.29, 0.717) is 18.0 Å². The summed E-state index contributed by atoms with van der Waals surface area (Å²) >= 11 is 1.62. The van der Waals surface area contributed by atoms with Crippen molar-refractivity contribution < 1.29 is 0 Å². The number of rotatable bonds is 4. The molecule has 1 aromatic carbocycles. The fraction of sp³-hybridized carbons (Fsp3) is 0.273. The van der Waals surface area contributed by atoms with Gasteiger partial charge in [-0.25, -0.2) is 4.98 Å². The van der Waals surface area contributed by atoms with Crippen molar-refractivity contribution in [2.24, 2.45) is 5.73 Å². The minimum atomic E-state index is -0.108. The topological polar surface area (TPSA) is 71.8 Å². The van der Waals surface area contributed by atoms with Crippen LogP contribution in [0.1, 0.15) is 5.69 Å². The molecule has 0 fully saturated rings. The molecule has 1 aromatic heterocycles. The Kier molecular flexibility index (Phi) is 3.58. The Hall–Kier alpha value is -1.33. The van der Waals surface area contributed by atoms with Crippen LogP contribution in [0.15, 0.2) is 29.1 Å². The first kappa shape index (κ1) is 11.2. The molecule has 3 N–H and O–H groups in total. The lowest BCUT2D eigenvalue weighted by molar-refractivity contribution is 1.09. The number of nitrogens with two attached hydrogens (primary N) is 1. The van der Waals surface area contributed by atoms with E-state index in [-0.39, 0.29) is 5.56 Å². The number of nitrogens with one attached hydrogen (secondary N) is 1. The van der Waals surface area contributed by atoms with Crippen molar-refractivity contribution >= 4 is 22.8 Å². The number of benzene rings is 1. The number of fused-ring (bicyclic) bond motifs is 1. The van der Waals surface area contributed by atoms with Crippen molar-refractivity contribution in [2.75, 3.05) is 12.3 Å². The third-order valence-corrected chi connectivity index (χ3v) is 3.17. The van der Waals surface area contributed by atoms with Crippen LogP contribution in [-0.2, 0) is 5.75 Å². The Bertz CT molecular complexity index is 538. The van der Waals surface area contributed by atoms with Crippen LogP contribution in [0, 0.1) is 0 Å². The minimum Gasteiger partial charge on any atom is -0.330 e. The summed E-state index contributed by atoms with van der Waals surface area (Å²) in [6.45, 7) is 0.621. The molecular weight excluding hydrogens is 222 g/mol. The molecule has 2 aromatic rings. The van der Waals surface area contributed by atoms with Gasteiger partial charge in [0.05, 0.1) is 11.0 Å². The van der Waals surface area contributed by atoms with E-state index in [1.165, 1.54) is 0 Å². The number of nitrogens with zero attached hydrogens (tertiary/aromatic N) is 1. The van der Waals surface area contributed by atoms with Crippen LogP contribution in [0.25, 0.3) is 11.0 Å². The normalized spacial score (nSPS) is 10.8. The zero-order valence-electron chi connectivity index (χ0n) is 8.77. The van der Waals surface area contributed by atoms with Gasteiger partial charge in [-0.05, 0) is 12.1 Å². The van der Waals surface area contributed by atoms with E-state index < -0.39 is 0 Å². The largest absolute Gasteiger partial charge is 0.330 e. The van der Waals surface area contributed by atoms with Crippen molar-refractivity contribution in [3.63, 3.8) is 0 Å². The maximum Gasteiger partial charge on any atom is 0.270 e. The van der Waals surface area contributed by atoms with Crippen LogP contribution in [0.5, 0.6) is 0 Å². The van der Waals surface area contributed by atoms with Gasteiger partial charge in [-0.1, -0.05) is 12.1 Å². The van der Waals surface area contributed by atoms with Gasteiger partial charge >= 0.3 is 0 Å². The van der Waals surface area contributed by atoms with E-state index in [1.54, 1.807) is 11.8 Å². The van der Waals surface area contributed by atoms with Crippen LogP contribution in [-0.4, -0.2) is 22.3 Å². The van der Waals surface area contributed by atoms with Crippen molar-refractivity contribution in [2.45, 2.75) is 5.75 Å². The van der Waals surface area contributed by atoms with Crippen LogP contribution >= 0.6 is 11.8 Å². The number of aromatic amines is 1. The van der Waals surface area contributed by atoms with Crippen molar-refractivity contribution in [1.29, 1.82) is 0 Å². The number of thioether (sulfide) groups is 1. The highest BCUT2D eigenvalue weighted by Gasteiger charge is 2.03. The van der Waals surface area contributed by atoms with Crippen LogP contribution in [0.2, 0.25) is 0 Å². The molecule has 0 amide bonds. The SMILES string of the molecule is NCCSCc1nc2ccccc2[nH]c1=O. The first-order chi connectivity index (χ1) is 7.81. The molecule has 16 heavy (non-hydrogen) atoms. The van der Waals surface area contributed by atoms with Crippen molar-refractivity contribution in [1.82, 2.24) is 9.97 Å². The predicted octanol–water partition coefficient (Wildman–Crippen LogP) is 1.11. The molecule has 0 radical (unpaired) electrons. The van der Waals surface area contributed by atoms with Gasteiger partial charge in [0.2, 0.25) is 0 Å². The van der Waals surface area contributed by atoms with E-state index in [2.05, 4.69) is 9.97 Å². The summed E-state index contributed by atoms with van der Waals surface area (Å²) in [4.78, 5) is 18.8. The standard InChI is InChI=1S/C11H13N3OS/c12-5-6-16-7-10-11(15)14-9-4-2-1-3-8(9)13-10/h1-4H,5-7,12H2,(H,14,15). The number of H-pyrrole nitrogens is 1. The zero-order valence-corrected chi connectivity index (χ0v) is 9.59. The summed E-state index contributed by atoms with van der Waals surface area (Å²) in [6.07, 6.45) is 0. The van der Waals surface area contributed by atoms with Gasteiger partial charge < -0.3 is 10.7 Å². The molecule has 0 aliphatic carbocycles. The molecule has 0 spiro atoms. The highest BCUT2D eigenvalue weighted by atomic mass is 32.2. The Morgan fingerprint density at radius 2 is 2.19 bits per heavy atom. The van der Waals surface area contributed by atoms with E-state index >= 15 is 0 Å². The summed E-state index contributed by atoms with van der Waals surface area (Å²) < 4.78 is 0. The maximum atomic E-state index is 11.7. The molecule has 0 bridgehead atoms. The Labute approximate surface area is 97.3 Å². The molecule has 84 valence electrons. The molecular formula is C11H13N3OS. The van der Waals surface area contributed by atoms with E-state index in [0.717, 1.165) is 16.8 Å². The predicted molar refractivity (Wildman–Crippen MR) is 67.6 cm³/mol. The molecule has 0 atom stereocenters. The van der Waals surface area contributed by atoms with E-state index in [9.17, 15) is 4.79 Å². The Balaban J connectivity index is 2.31. The maximum absolute atomic E-state index is 11.7. The van der Waals surface area contributed by atoms with Crippen LogP contribution in [0.4, 0.5) is 0 Å². The molecule has 0 saturated carbocycles. The molecule has 0 aliphatic rings. The Morgan fingerprint density at radius 1 is 1.38 bits per heavy atom. The number of hydrogen-bond donors (Lipinski definition) is 2. The molecule has 0 aliphatic heterocycles. The lowest BCUT2D eigenvalue weighted by Gasteiger charge is -2.01. The molecule has 2 rings (SSSR count). The lowest BCUT2D eigenvalue weighted by Crippen LogP contribution is -2.14. The van der Waals surface area contributed by atoms with E-state index in [4.69, 9.17) is 5.73 Å². The zero-order chi connectivity index (χ0) is 11.4. The summed E-state index contributed by atoms with van der Waals surface area (Å²) in [5.41, 5.74) is 7.46. The monoisotopic (exact) mass is 235 g/mol. The Morgan fingerprint density at radius 3 is 3.00 bits per heavy atom. The summed E-state index contributed by atoms with van der Waals surface area (Å²) in [6, 6.07) is 7.52. The summed E-state index contributed by atoms with van der Waals surface area (Å²) in [7, 11) is 0. The highest BCUT2D eigenvalue weighted by molar-refractivity contribution is 7.98. The fourth-order valence-electron chi connectivity index (χ4n) is 1.42. The second-order valence-electron chi connectivity index (χ2n) is 3.37. The first-order valence-electron chi connectivity index (χ1n) is 5.07. The summed E-state index contributed by atoms with van der Waals surface area (Å²) in [5.74, 6) is 1.45. The second-order valence-corrected chi connectivity index (χ2v) is 4.48. The second kappa shape index (κ2) is 5.14. The molecule has 0 saturated heterocycles. The first-order valence-corrected chi connectivity index (χ1v) is 6.22. The highest BCUT2D eigenvalue weighted by Crippen LogP contribution is 2.10. The minimum absolute atomic E-state index is 0.108. The number of aromatic nitrogens is 2. The van der Waals surface area contributed by atoms with Crippen LogP contribution < -0.4 is 11.3 Å². The third kappa shape index (κ3) is 2.43. The average Bonchev–Trinajstić information content (AvgIpc) is 2.30. The fourth-order valence-corrected chi connectivity index (χ4v) is 2.12. The van der Waals surface area contributed by atoms with Crippen molar-refractivity contribution in [3.05, 3.63) is 40.3 Å². The number of para-hydroxylation sites is 2. The summed E-state index contributed by atoms with van der Waals surface area (Å²) in [5, 5.41) is 0. The average molecular weight is 235 g/mol. The smallest absolute Gasteiger partial charge is 0.270 e. The third-order valence-electron chi connectivity index (χ3n) is 2.17. The van der Waals surface area contributed by atoms with Gasteiger partial charge in [0.25, 0.3) is 5.56 Å². The molecule has 1 heterocycles. The quantitative estimate of drug-likeness (QED) is 0.779. The molecule has 0 unspecified atom stereocenters. The van der Waals surface area contributed by atoms with Gasteiger partial charge in [-0.3, -0.25) is 4.79 Å². The van der Waals surface area contributed by atoms with Gasteiger partial charge in [-0.2, -0.15) is 11.8 Å². The van der Waals surface area contributed by atoms with Gasteiger partial charge in [0.15, 0.2) is 0 Å². The molecule has 4 nitrogen and oxygen atoms in total. The van der Waals surface area contributed by atoms with Gasteiger partial charge in [0.1, 0.15) is 5.69 Å². The van der Waals surface area contributed by atoms with Crippen LogP contribution in [0.3, 0.4) is 0 Å².